The highest BCUT2D eigenvalue weighted by atomic mass is 15.2. The lowest BCUT2D eigenvalue weighted by atomic mass is 9.98. The Morgan fingerprint density at radius 1 is 1.29 bits per heavy atom. The molecule has 94 valence electrons. The topological polar surface area (TPSA) is 15.3 Å². The smallest absolute Gasteiger partial charge is 0.0407 e. The lowest BCUT2D eigenvalue weighted by molar-refractivity contribution is 0.602. The molecule has 0 aromatic heterocycles. The molecule has 2 heteroatoms. The molecule has 0 aliphatic carbocycles. The highest BCUT2D eigenvalue weighted by Gasteiger charge is 2.30. The number of hydrogen-bond donors (Lipinski definition) is 1. The van der Waals surface area contributed by atoms with E-state index < -0.39 is 0 Å². The van der Waals surface area contributed by atoms with E-state index in [1.807, 2.05) is 7.05 Å². The van der Waals surface area contributed by atoms with Gasteiger partial charge < -0.3 is 10.2 Å². The zero-order valence-electron chi connectivity index (χ0n) is 11.6. The van der Waals surface area contributed by atoms with Crippen molar-refractivity contribution in [3.8, 4) is 0 Å². The van der Waals surface area contributed by atoms with E-state index in [0.29, 0.717) is 18.1 Å². The molecule has 0 spiro atoms. The first-order valence-corrected chi connectivity index (χ1v) is 6.63. The van der Waals surface area contributed by atoms with Crippen LogP contribution in [-0.2, 0) is 6.42 Å². The summed E-state index contributed by atoms with van der Waals surface area (Å²) in [6, 6.07) is 8.35. The van der Waals surface area contributed by atoms with Crippen molar-refractivity contribution in [1.29, 1.82) is 0 Å². The zero-order valence-corrected chi connectivity index (χ0v) is 11.6. The van der Waals surface area contributed by atoms with Crippen LogP contribution in [0.3, 0.4) is 0 Å². The molecule has 1 aliphatic rings. The van der Waals surface area contributed by atoms with Gasteiger partial charge in [0, 0.05) is 23.8 Å². The first-order valence-electron chi connectivity index (χ1n) is 6.63. The second-order valence-electron chi connectivity index (χ2n) is 5.41. The van der Waals surface area contributed by atoms with Gasteiger partial charge in [0.05, 0.1) is 0 Å². The highest BCUT2D eigenvalue weighted by molar-refractivity contribution is 5.63. The van der Waals surface area contributed by atoms with Gasteiger partial charge in [-0.05, 0) is 58.4 Å². The average molecular weight is 232 g/mol. The van der Waals surface area contributed by atoms with Crippen LogP contribution in [0.2, 0.25) is 0 Å². The van der Waals surface area contributed by atoms with Crippen LogP contribution in [0.4, 0.5) is 5.69 Å². The second kappa shape index (κ2) is 4.69. The Labute approximate surface area is 105 Å². The van der Waals surface area contributed by atoms with Crippen LogP contribution in [0.5, 0.6) is 0 Å². The second-order valence-corrected chi connectivity index (χ2v) is 5.41. The Kier molecular flexibility index (Phi) is 3.43. The van der Waals surface area contributed by atoms with E-state index in [1.165, 1.54) is 23.2 Å². The standard InChI is InChI=1S/C15H24N2/c1-10(2)17-11(3)9-14-13(12(4)16-5)7-6-8-15(14)17/h6-8,10-12,16H,9H2,1-5H3. The molecule has 1 aromatic carbocycles. The molecule has 1 aliphatic heterocycles. The molecule has 2 nitrogen and oxygen atoms in total. The molecule has 1 N–H and O–H groups in total. The van der Waals surface area contributed by atoms with Crippen LogP contribution in [0.15, 0.2) is 18.2 Å². The summed E-state index contributed by atoms with van der Waals surface area (Å²) < 4.78 is 0. The summed E-state index contributed by atoms with van der Waals surface area (Å²) in [6.07, 6.45) is 1.18. The molecule has 2 unspecified atom stereocenters. The van der Waals surface area contributed by atoms with Gasteiger partial charge in [-0.3, -0.25) is 0 Å². The summed E-state index contributed by atoms with van der Waals surface area (Å²) in [5, 5.41) is 3.35. The van der Waals surface area contributed by atoms with E-state index in [0.717, 1.165) is 0 Å². The monoisotopic (exact) mass is 232 g/mol. The van der Waals surface area contributed by atoms with Crippen molar-refractivity contribution in [3.05, 3.63) is 29.3 Å². The van der Waals surface area contributed by atoms with Crippen molar-refractivity contribution < 1.29 is 0 Å². The van der Waals surface area contributed by atoms with Gasteiger partial charge in [0.1, 0.15) is 0 Å². The fraction of sp³-hybridized carbons (Fsp3) is 0.600. The molecule has 0 saturated carbocycles. The normalized spacial score (nSPS) is 20.8. The molecule has 2 atom stereocenters. The van der Waals surface area contributed by atoms with Crippen molar-refractivity contribution in [3.63, 3.8) is 0 Å². The molecule has 17 heavy (non-hydrogen) atoms. The molecule has 2 rings (SSSR count). The van der Waals surface area contributed by atoms with Gasteiger partial charge in [0.25, 0.3) is 0 Å². The minimum atomic E-state index is 0.435. The number of anilines is 1. The summed E-state index contributed by atoms with van der Waals surface area (Å²) in [6.45, 7) is 9.12. The largest absolute Gasteiger partial charge is 0.366 e. The molecule has 1 heterocycles. The Morgan fingerprint density at radius 2 is 2.00 bits per heavy atom. The lowest BCUT2D eigenvalue weighted by Crippen LogP contribution is -2.35. The molecule has 0 saturated heterocycles. The summed E-state index contributed by atoms with van der Waals surface area (Å²) >= 11 is 0. The predicted molar refractivity (Wildman–Crippen MR) is 74.7 cm³/mol. The third-order valence-electron chi connectivity index (χ3n) is 3.90. The SMILES string of the molecule is CNC(C)c1cccc2c1CC(C)N2C(C)C. The van der Waals surface area contributed by atoms with Crippen molar-refractivity contribution in [2.24, 2.45) is 0 Å². The van der Waals surface area contributed by atoms with Gasteiger partial charge in [-0.1, -0.05) is 12.1 Å². The molecular weight excluding hydrogens is 208 g/mol. The maximum Gasteiger partial charge on any atom is 0.0407 e. The summed E-state index contributed by atoms with van der Waals surface area (Å²) in [5.74, 6) is 0. The van der Waals surface area contributed by atoms with Crippen molar-refractivity contribution >= 4 is 5.69 Å². The molecule has 1 aromatic rings. The zero-order chi connectivity index (χ0) is 12.6. The fourth-order valence-corrected chi connectivity index (χ4v) is 3.04. The molecule has 0 radical (unpaired) electrons. The van der Waals surface area contributed by atoms with E-state index in [4.69, 9.17) is 0 Å². The Balaban J connectivity index is 2.45. The summed E-state index contributed by atoms with van der Waals surface area (Å²) in [4.78, 5) is 2.54. The Hall–Kier alpha value is -1.02. The number of rotatable bonds is 3. The maximum atomic E-state index is 3.35. The minimum Gasteiger partial charge on any atom is -0.366 e. The first-order chi connectivity index (χ1) is 8.06. The third kappa shape index (κ3) is 2.06. The Bertz CT molecular complexity index is 398. The molecule has 0 fully saturated rings. The lowest BCUT2D eigenvalue weighted by Gasteiger charge is -2.29. The predicted octanol–water partition coefficient (Wildman–Crippen LogP) is 3.13. The number of fused-ring (bicyclic) bond motifs is 1. The van der Waals surface area contributed by atoms with Crippen LogP contribution in [0.25, 0.3) is 0 Å². The molecule has 0 bridgehead atoms. The van der Waals surface area contributed by atoms with E-state index in [1.54, 1.807) is 0 Å². The van der Waals surface area contributed by atoms with Gasteiger partial charge in [-0.25, -0.2) is 0 Å². The number of nitrogens with one attached hydrogen (secondary N) is 1. The minimum absolute atomic E-state index is 0.435. The highest BCUT2D eigenvalue weighted by Crippen LogP contribution is 2.37. The van der Waals surface area contributed by atoms with Crippen LogP contribution in [0, 0.1) is 0 Å². The van der Waals surface area contributed by atoms with Gasteiger partial charge in [0.15, 0.2) is 0 Å². The number of hydrogen-bond acceptors (Lipinski definition) is 2. The average Bonchev–Trinajstić information content (AvgIpc) is 2.63. The van der Waals surface area contributed by atoms with E-state index >= 15 is 0 Å². The summed E-state index contributed by atoms with van der Waals surface area (Å²) in [5.41, 5.74) is 4.43. The van der Waals surface area contributed by atoms with Crippen molar-refractivity contribution in [2.45, 2.75) is 52.2 Å². The maximum absolute atomic E-state index is 3.35. The molecule has 0 amide bonds. The van der Waals surface area contributed by atoms with Crippen molar-refractivity contribution in [1.82, 2.24) is 5.32 Å². The quantitative estimate of drug-likeness (QED) is 0.861. The van der Waals surface area contributed by atoms with E-state index in [2.05, 4.69) is 56.1 Å². The van der Waals surface area contributed by atoms with E-state index in [-0.39, 0.29) is 0 Å². The van der Waals surface area contributed by atoms with Gasteiger partial charge in [-0.15, -0.1) is 0 Å². The number of benzene rings is 1. The first kappa shape index (κ1) is 12.4. The third-order valence-corrected chi connectivity index (χ3v) is 3.90. The molecular formula is C15H24N2. The summed E-state index contributed by atoms with van der Waals surface area (Å²) in [7, 11) is 2.03. The van der Waals surface area contributed by atoms with Crippen LogP contribution >= 0.6 is 0 Å². The van der Waals surface area contributed by atoms with Crippen LogP contribution in [-0.4, -0.2) is 19.1 Å². The number of nitrogens with zero attached hydrogens (tertiary/aromatic N) is 1. The van der Waals surface area contributed by atoms with Gasteiger partial charge in [0.2, 0.25) is 0 Å². The van der Waals surface area contributed by atoms with Crippen molar-refractivity contribution in [2.75, 3.05) is 11.9 Å². The van der Waals surface area contributed by atoms with Gasteiger partial charge in [-0.2, -0.15) is 0 Å². The Morgan fingerprint density at radius 3 is 2.59 bits per heavy atom. The van der Waals surface area contributed by atoms with E-state index in [9.17, 15) is 0 Å². The van der Waals surface area contributed by atoms with Crippen LogP contribution in [0.1, 0.15) is 44.9 Å². The van der Waals surface area contributed by atoms with Crippen LogP contribution < -0.4 is 10.2 Å². The fourth-order valence-electron chi connectivity index (χ4n) is 3.04. The van der Waals surface area contributed by atoms with Gasteiger partial charge >= 0.3 is 0 Å².